The number of ketones is 1. The highest BCUT2D eigenvalue weighted by atomic mass is 16.1. The maximum absolute atomic E-state index is 11.5. The molecule has 0 aliphatic carbocycles. The summed E-state index contributed by atoms with van der Waals surface area (Å²) >= 11 is 0. The summed E-state index contributed by atoms with van der Waals surface area (Å²) in [7, 11) is 0. The van der Waals surface area contributed by atoms with E-state index in [1.807, 2.05) is 13.0 Å². The van der Waals surface area contributed by atoms with E-state index in [1.54, 1.807) is 0 Å². The Hall–Kier alpha value is -0.790. The topological polar surface area (TPSA) is 20.3 Å². The Labute approximate surface area is 66.9 Å². The maximum atomic E-state index is 11.5. The molecule has 2 aliphatic rings. The van der Waals surface area contributed by atoms with Gasteiger partial charge in [-0.25, -0.2) is 0 Å². The Morgan fingerprint density at radius 2 is 2.45 bits per heavy atom. The molecule has 2 saturated heterocycles. The number of piperidine rings is 1. The molecule has 11 heavy (non-hydrogen) atoms. The van der Waals surface area contributed by atoms with E-state index < -0.39 is 0 Å². The number of carbonyl (C=O) groups excluding carboxylic acids is 1. The van der Waals surface area contributed by atoms with E-state index in [1.165, 1.54) is 6.42 Å². The smallest absolute Gasteiger partial charge is 0.183 e. The molecule has 0 saturated carbocycles. The van der Waals surface area contributed by atoms with Gasteiger partial charge in [-0.2, -0.15) is 0 Å². The number of rotatable bonds is 0. The number of carbonyl (C=O) groups is 1. The van der Waals surface area contributed by atoms with E-state index in [-0.39, 0.29) is 0 Å². The Morgan fingerprint density at radius 1 is 1.64 bits per heavy atom. The van der Waals surface area contributed by atoms with Gasteiger partial charge in [0.25, 0.3) is 0 Å². The van der Waals surface area contributed by atoms with Gasteiger partial charge in [0.1, 0.15) is 0 Å². The first-order chi connectivity index (χ1) is 5.33. The van der Waals surface area contributed by atoms with Crippen LogP contribution < -0.4 is 0 Å². The van der Waals surface area contributed by atoms with Crippen molar-refractivity contribution in [1.29, 1.82) is 0 Å². The molecule has 0 spiro atoms. The predicted molar refractivity (Wildman–Crippen MR) is 43.1 cm³/mol. The lowest BCUT2D eigenvalue weighted by molar-refractivity contribution is -0.117. The SMILES string of the molecule is C/C=C1\C(=O)C2CCCN1C2. The summed E-state index contributed by atoms with van der Waals surface area (Å²) in [4.78, 5) is 13.7. The summed E-state index contributed by atoms with van der Waals surface area (Å²) in [5.74, 6) is 0.708. The van der Waals surface area contributed by atoms with Crippen LogP contribution in [0.1, 0.15) is 19.8 Å². The minimum Gasteiger partial charge on any atom is -0.368 e. The van der Waals surface area contributed by atoms with E-state index in [9.17, 15) is 4.79 Å². The quantitative estimate of drug-likeness (QED) is 0.485. The molecule has 60 valence electrons. The number of fused-ring (bicyclic) bond motifs is 2. The molecule has 2 rings (SSSR count). The fraction of sp³-hybridized carbons (Fsp3) is 0.667. The Balaban J connectivity index is 2.31. The molecule has 0 N–H and O–H groups in total. The summed E-state index contributed by atoms with van der Waals surface area (Å²) in [6.45, 7) is 4.02. The average molecular weight is 151 g/mol. The van der Waals surface area contributed by atoms with Crippen LogP contribution in [0.25, 0.3) is 0 Å². The Kier molecular flexibility index (Phi) is 1.48. The van der Waals surface area contributed by atoms with Crippen LogP contribution >= 0.6 is 0 Å². The van der Waals surface area contributed by atoms with Crippen LogP contribution in [0.3, 0.4) is 0 Å². The standard InChI is InChI=1S/C9H13NO/c1-2-8-9(11)7-4-3-5-10(8)6-7/h2,7H,3-6H2,1H3/b8-2+. The lowest BCUT2D eigenvalue weighted by Crippen LogP contribution is -2.25. The molecule has 0 radical (unpaired) electrons. The van der Waals surface area contributed by atoms with Crippen molar-refractivity contribution in [2.24, 2.45) is 5.92 Å². The number of hydrogen-bond donors (Lipinski definition) is 0. The second kappa shape index (κ2) is 2.36. The van der Waals surface area contributed by atoms with E-state index in [4.69, 9.17) is 0 Å². The minimum absolute atomic E-state index is 0.329. The molecule has 1 atom stereocenters. The third-order valence-corrected chi connectivity index (χ3v) is 2.66. The molecular weight excluding hydrogens is 138 g/mol. The van der Waals surface area contributed by atoms with Crippen LogP contribution in [0.5, 0.6) is 0 Å². The number of allylic oxidation sites excluding steroid dienone is 2. The third kappa shape index (κ3) is 0.889. The van der Waals surface area contributed by atoms with Crippen molar-refractivity contribution in [3.05, 3.63) is 11.8 Å². The van der Waals surface area contributed by atoms with E-state index >= 15 is 0 Å². The molecule has 2 nitrogen and oxygen atoms in total. The van der Waals surface area contributed by atoms with Gasteiger partial charge in [-0.1, -0.05) is 6.08 Å². The molecular formula is C9H13NO. The van der Waals surface area contributed by atoms with Crippen LogP contribution in [-0.4, -0.2) is 23.8 Å². The van der Waals surface area contributed by atoms with Crippen molar-refractivity contribution >= 4 is 5.78 Å². The summed E-state index contributed by atoms with van der Waals surface area (Å²) in [6.07, 6.45) is 4.24. The van der Waals surface area contributed by atoms with Gasteiger partial charge in [0, 0.05) is 19.0 Å². The molecule has 0 amide bonds. The summed E-state index contributed by atoms with van der Waals surface area (Å²) in [6, 6.07) is 0. The van der Waals surface area contributed by atoms with E-state index in [0.717, 1.165) is 25.2 Å². The molecule has 0 aromatic heterocycles. The van der Waals surface area contributed by atoms with Gasteiger partial charge in [0.15, 0.2) is 5.78 Å². The molecule has 2 heterocycles. The van der Waals surface area contributed by atoms with Gasteiger partial charge in [-0.3, -0.25) is 4.79 Å². The molecule has 2 heteroatoms. The predicted octanol–water partition coefficient (Wildman–Crippen LogP) is 1.18. The van der Waals surface area contributed by atoms with Crippen molar-refractivity contribution in [3.63, 3.8) is 0 Å². The van der Waals surface area contributed by atoms with Gasteiger partial charge in [-0.05, 0) is 19.8 Å². The highest BCUT2D eigenvalue weighted by Gasteiger charge is 2.37. The molecule has 1 unspecified atom stereocenters. The highest BCUT2D eigenvalue weighted by Crippen LogP contribution is 2.30. The molecule has 2 fully saturated rings. The average Bonchev–Trinajstić information content (AvgIpc) is 2.25. The van der Waals surface area contributed by atoms with Gasteiger partial charge in [0.05, 0.1) is 5.70 Å². The second-order valence-corrected chi connectivity index (χ2v) is 3.32. The lowest BCUT2D eigenvalue weighted by Gasteiger charge is -2.22. The Morgan fingerprint density at radius 3 is 3.09 bits per heavy atom. The van der Waals surface area contributed by atoms with Crippen LogP contribution in [0, 0.1) is 5.92 Å². The number of Topliss-reactive ketones (excluding diaryl/α,β-unsaturated/α-hetero) is 1. The molecule has 2 aliphatic heterocycles. The lowest BCUT2D eigenvalue weighted by atomic mass is 9.99. The normalized spacial score (nSPS) is 33.5. The monoisotopic (exact) mass is 151 g/mol. The maximum Gasteiger partial charge on any atom is 0.183 e. The second-order valence-electron chi connectivity index (χ2n) is 3.32. The Bertz CT molecular complexity index is 220. The zero-order chi connectivity index (χ0) is 7.84. The summed E-state index contributed by atoms with van der Waals surface area (Å²) in [5, 5.41) is 0. The van der Waals surface area contributed by atoms with Crippen LogP contribution in [-0.2, 0) is 4.79 Å². The van der Waals surface area contributed by atoms with Gasteiger partial charge < -0.3 is 4.90 Å². The highest BCUT2D eigenvalue weighted by molar-refractivity contribution is 5.99. The van der Waals surface area contributed by atoms with E-state index in [0.29, 0.717) is 11.7 Å². The molecule has 0 aromatic carbocycles. The van der Waals surface area contributed by atoms with Crippen LogP contribution in [0.2, 0.25) is 0 Å². The molecule has 0 aromatic rings. The zero-order valence-electron chi connectivity index (χ0n) is 6.84. The third-order valence-electron chi connectivity index (χ3n) is 2.66. The zero-order valence-corrected chi connectivity index (χ0v) is 6.84. The van der Waals surface area contributed by atoms with Crippen molar-refractivity contribution in [1.82, 2.24) is 4.90 Å². The summed E-state index contributed by atoms with van der Waals surface area (Å²) in [5.41, 5.74) is 0.965. The van der Waals surface area contributed by atoms with E-state index in [2.05, 4.69) is 4.90 Å². The first-order valence-corrected chi connectivity index (χ1v) is 4.28. The van der Waals surface area contributed by atoms with Crippen LogP contribution in [0.15, 0.2) is 11.8 Å². The van der Waals surface area contributed by atoms with Crippen molar-refractivity contribution < 1.29 is 4.79 Å². The van der Waals surface area contributed by atoms with Gasteiger partial charge in [0.2, 0.25) is 0 Å². The number of nitrogens with zero attached hydrogens (tertiary/aromatic N) is 1. The number of hydrogen-bond acceptors (Lipinski definition) is 2. The first kappa shape index (κ1) is 6.89. The first-order valence-electron chi connectivity index (χ1n) is 4.28. The van der Waals surface area contributed by atoms with Crippen LogP contribution in [0.4, 0.5) is 0 Å². The fourth-order valence-electron chi connectivity index (χ4n) is 2.10. The fourth-order valence-corrected chi connectivity index (χ4v) is 2.10. The van der Waals surface area contributed by atoms with Gasteiger partial charge >= 0.3 is 0 Å². The largest absolute Gasteiger partial charge is 0.368 e. The van der Waals surface area contributed by atoms with Crippen molar-refractivity contribution in [3.8, 4) is 0 Å². The van der Waals surface area contributed by atoms with Crippen molar-refractivity contribution in [2.75, 3.05) is 13.1 Å². The van der Waals surface area contributed by atoms with Crippen molar-refractivity contribution in [2.45, 2.75) is 19.8 Å². The molecule has 2 bridgehead atoms. The summed E-state index contributed by atoms with van der Waals surface area (Å²) < 4.78 is 0. The van der Waals surface area contributed by atoms with Gasteiger partial charge in [-0.15, -0.1) is 0 Å². The minimum atomic E-state index is 0.329.